The van der Waals surface area contributed by atoms with Gasteiger partial charge in [-0.3, -0.25) is 4.79 Å². The number of allylic oxidation sites excluding steroid dienone is 2. The number of ether oxygens (including phenoxy) is 1. The highest BCUT2D eigenvalue weighted by atomic mass is 28.4. The second kappa shape index (κ2) is 14.6. The molecule has 1 aromatic carbocycles. The van der Waals surface area contributed by atoms with E-state index in [2.05, 4.69) is 84.1 Å². The van der Waals surface area contributed by atoms with Crippen molar-refractivity contribution in [1.82, 2.24) is 0 Å². The molecule has 0 amide bonds. The molecule has 5 heteroatoms. The summed E-state index contributed by atoms with van der Waals surface area (Å²) < 4.78 is 26.7. The van der Waals surface area contributed by atoms with Gasteiger partial charge in [-0.1, -0.05) is 90.3 Å². The number of rotatable bonds is 14. The lowest BCUT2D eigenvalue weighted by atomic mass is 9.81. The number of methoxy groups -OCH3 is 1. The van der Waals surface area contributed by atoms with E-state index in [1.807, 2.05) is 0 Å². The van der Waals surface area contributed by atoms with Crippen LogP contribution in [0.25, 0.3) is 0 Å². The van der Waals surface area contributed by atoms with Crippen LogP contribution in [0.3, 0.4) is 0 Å². The Morgan fingerprint density at radius 1 is 1.14 bits per heavy atom. The highest BCUT2D eigenvalue weighted by Gasteiger charge is 2.42. The van der Waals surface area contributed by atoms with Gasteiger partial charge in [0.15, 0.2) is 8.32 Å². The summed E-state index contributed by atoms with van der Waals surface area (Å²) in [5, 5.41) is 0.172. The molecule has 1 aromatic rings. The Kier molecular flexibility index (Phi) is 12.6. The Labute approximate surface area is 227 Å². The van der Waals surface area contributed by atoms with E-state index in [0.29, 0.717) is 18.8 Å². The number of benzene rings is 1. The Morgan fingerprint density at radius 3 is 2.41 bits per heavy atom. The minimum atomic E-state index is -1.90. The van der Waals surface area contributed by atoms with E-state index >= 15 is 4.39 Å². The second-order valence-electron chi connectivity index (χ2n) is 12.6. The third-order valence-electron chi connectivity index (χ3n) is 8.70. The molecule has 0 spiro atoms. The molecule has 1 unspecified atom stereocenters. The van der Waals surface area contributed by atoms with E-state index in [-0.39, 0.29) is 28.9 Å². The van der Waals surface area contributed by atoms with E-state index in [1.165, 1.54) is 37.5 Å². The third kappa shape index (κ3) is 9.35. The van der Waals surface area contributed by atoms with Crippen LogP contribution in [0.5, 0.6) is 0 Å². The van der Waals surface area contributed by atoms with Crippen LogP contribution < -0.4 is 0 Å². The minimum absolute atomic E-state index is 0.00143. The molecule has 1 aliphatic rings. The monoisotopic (exact) mass is 532 g/mol. The summed E-state index contributed by atoms with van der Waals surface area (Å²) in [5.74, 6) is 0.375. The molecule has 5 atom stereocenters. The quantitative estimate of drug-likeness (QED) is 0.103. The third-order valence-corrected chi connectivity index (χ3v) is 13.2. The number of halogens is 1. The molecule has 0 N–H and O–H groups in total. The van der Waals surface area contributed by atoms with Crippen molar-refractivity contribution in [2.45, 2.75) is 129 Å². The molecular weight excluding hydrogens is 479 g/mol. The van der Waals surface area contributed by atoms with E-state index in [9.17, 15) is 4.79 Å². The largest absolute Gasteiger partial charge is 0.469 e. The molecule has 1 aliphatic carbocycles. The minimum Gasteiger partial charge on any atom is -0.469 e. The van der Waals surface area contributed by atoms with Crippen LogP contribution in [-0.2, 0) is 14.0 Å². The van der Waals surface area contributed by atoms with Gasteiger partial charge >= 0.3 is 5.97 Å². The summed E-state index contributed by atoms with van der Waals surface area (Å²) in [5.41, 5.74) is 2.51. The lowest BCUT2D eigenvalue weighted by Gasteiger charge is -2.39. The van der Waals surface area contributed by atoms with Gasteiger partial charge in [-0.15, -0.1) is 0 Å². The number of hydrogen-bond acceptors (Lipinski definition) is 3. The Bertz CT molecular complexity index is 843. The fourth-order valence-electron chi connectivity index (χ4n) is 5.37. The molecule has 0 aromatic heterocycles. The second-order valence-corrected chi connectivity index (χ2v) is 17.4. The molecule has 210 valence electrons. The summed E-state index contributed by atoms with van der Waals surface area (Å²) in [4.78, 5) is 11.3. The van der Waals surface area contributed by atoms with Crippen LogP contribution in [-0.4, -0.2) is 27.6 Å². The van der Waals surface area contributed by atoms with E-state index in [0.717, 1.165) is 25.7 Å². The van der Waals surface area contributed by atoms with Gasteiger partial charge in [-0.2, -0.15) is 0 Å². The number of unbranched alkanes of at least 4 members (excludes halogenated alkanes) is 3. The first-order valence-corrected chi connectivity index (χ1v) is 17.5. The zero-order chi connectivity index (χ0) is 27.6. The summed E-state index contributed by atoms with van der Waals surface area (Å²) in [6, 6.07) is 8.97. The maximum Gasteiger partial charge on any atom is 0.305 e. The lowest BCUT2D eigenvalue weighted by molar-refractivity contribution is -0.140. The van der Waals surface area contributed by atoms with Gasteiger partial charge in [0, 0.05) is 12.3 Å². The van der Waals surface area contributed by atoms with Crippen LogP contribution in [0, 0.1) is 11.8 Å². The van der Waals surface area contributed by atoms with Crippen molar-refractivity contribution in [2.24, 2.45) is 11.8 Å². The first kappa shape index (κ1) is 31.8. The van der Waals surface area contributed by atoms with Gasteiger partial charge in [0.25, 0.3) is 0 Å². The fourth-order valence-corrected chi connectivity index (χ4v) is 6.69. The first-order chi connectivity index (χ1) is 17.4. The smallest absolute Gasteiger partial charge is 0.305 e. The molecule has 0 radical (unpaired) electrons. The van der Waals surface area contributed by atoms with Crippen molar-refractivity contribution >= 4 is 14.3 Å². The van der Waals surface area contributed by atoms with Crippen LogP contribution in [0.4, 0.5) is 4.39 Å². The number of hydrogen-bond donors (Lipinski definition) is 0. The highest BCUT2D eigenvalue weighted by molar-refractivity contribution is 6.74. The summed E-state index contributed by atoms with van der Waals surface area (Å²) in [7, 11) is -0.479. The maximum absolute atomic E-state index is 15.1. The number of esters is 1. The molecule has 37 heavy (non-hydrogen) atoms. The Balaban J connectivity index is 2.13. The van der Waals surface area contributed by atoms with Crippen molar-refractivity contribution in [2.75, 3.05) is 7.11 Å². The van der Waals surface area contributed by atoms with E-state index < -0.39 is 14.5 Å². The van der Waals surface area contributed by atoms with Gasteiger partial charge in [-0.25, -0.2) is 4.39 Å². The zero-order valence-corrected chi connectivity index (χ0v) is 25.8. The van der Waals surface area contributed by atoms with Gasteiger partial charge in [0.1, 0.15) is 6.17 Å². The molecular formula is C32H53FO3Si. The fraction of sp³-hybridized carbons (Fsp3) is 0.719. The lowest BCUT2D eigenvalue weighted by Crippen LogP contribution is -2.41. The van der Waals surface area contributed by atoms with Gasteiger partial charge < -0.3 is 9.16 Å². The standard InChI is InChI=1S/C32H53FO3Si/c1-9-10-13-17-29(36-37(7,8)32(3,4)5)25-19-21-26(22-20-25)31-24(2)23-28(33)27(31)16-14-11-12-15-18-30(34)35-6/h11,14,19-22,24,27-29,31H,9-10,12-13,15-18,23H2,1-8H3/b14-11-/t24-,27+,28-,29?,31-/m1/s1. The topological polar surface area (TPSA) is 35.5 Å². The average Bonchev–Trinajstić information content (AvgIpc) is 3.12. The number of alkyl halides is 1. The normalized spacial score (nSPS) is 23.5. The van der Waals surface area contributed by atoms with Crippen molar-refractivity contribution < 1.29 is 18.3 Å². The van der Waals surface area contributed by atoms with Crippen molar-refractivity contribution in [1.29, 1.82) is 0 Å². The zero-order valence-electron chi connectivity index (χ0n) is 24.8. The van der Waals surface area contributed by atoms with E-state index in [4.69, 9.17) is 9.16 Å². The number of carbonyl (C=O) groups excluding carboxylic acids is 1. The molecule has 0 saturated heterocycles. The molecule has 3 nitrogen and oxygen atoms in total. The molecule has 1 fully saturated rings. The maximum atomic E-state index is 15.1. The summed E-state index contributed by atoms with van der Waals surface area (Å²) >= 11 is 0. The van der Waals surface area contributed by atoms with Crippen LogP contribution >= 0.6 is 0 Å². The van der Waals surface area contributed by atoms with Crippen LogP contribution in [0.15, 0.2) is 36.4 Å². The van der Waals surface area contributed by atoms with Gasteiger partial charge in [0.05, 0.1) is 13.2 Å². The van der Waals surface area contributed by atoms with Crippen molar-refractivity contribution in [3.63, 3.8) is 0 Å². The summed E-state index contributed by atoms with van der Waals surface area (Å²) in [6.07, 6.45) is 11.6. The van der Waals surface area contributed by atoms with Crippen molar-refractivity contribution in [3.8, 4) is 0 Å². The van der Waals surface area contributed by atoms with Crippen LogP contribution in [0.1, 0.15) is 116 Å². The molecule has 0 bridgehead atoms. The first-order valence-electron chi connectivity index (χ1n) is 14.5. The summed E-state index contributed by atoms with van der Waals surface area (Å²) in [6.45, 7) is 16.0. The Hall–Kier alpha value is -1.46. The predicted molar refractivity (Wildman–Crippen MR) is 156 cm³/mol. The van der Waals surface area contributed by atoms with Gasteiger partial charge in [0.2, 0.25) is 0 Å². The van der Waals surface area contributed by atoms with Crippen molar-refractivity contribution in [3.05, 3.63) is 47.5 Å². The average molecular weight is 533 g/mol. The molecule has 0 aliphatic heterocycles. The van der Waals surface area contributed by atoms with Crippen LogP contribution in [0.2, 0.25) is 18.1 Å². The van der Waals surface area contributed by atoms with Gasteiger partial charge in [-0.05, 0) is 73.2 Å². The van der Waals surface area contributed by atoms with E-state index in [1.54, 1.807) is 0 Å². The molecule has 1 saturated carbocycles. The highest BCUT2D eigenvalue weighted by Crippen LogP contribution is 2.48. The number of carbonyl (C=O) groups is 1. The predicted octanol–water partition coefficient (Wildman–Crippen LogP) is 9.70. The molecule has 0 heterocycles. The Morgan fingerprint density at radius 2 is 1.81 bits per heavy atom. The SMILES string of the molecule is CCCCCC(O[Si](C)(C)C(C)(C)C)c1ccc([C@@H]2[C@@H](C/C=C\CCCC(=O)OC)[C@H](F)C[C@H]2C)cc1. The molecule has 2 rings (SSSR count).